The molecule has 0 unspecified atom stereocenters. The molecule has 1 aliphatic heterocycles. The number of carbonyl (C=O) groups excluding carboxylic acids is 3. The summed E-state index contributed by atoms with van der Waals surface area (Å²) in [5.74, 6) is -1.57. The highest BCUT2D eigenvalue weighted by molar-refractivity contribution is 5.95. The van der Waals surface area contributed by atoms with Crippen LogP contribution in [0, 0.1) is 16.7 Å². The van der Waals surface area contributed by atoms with Crippen molar-refractivity contribution in [3.63, 3.8) is 0 Å². The second-order valence-electron chi connectivity index (χ2n) is 8.83. The van der Waals surface area contributed by atoms with Crippen LogP contribution in [0.15, 0.2) is 29.3 Å². The molecule has 1 aromatic carbocycles. The first kappa shape index (κ1) is 28.1. The van der Waals surface area contributed by atoms with E-state index in [0.717, 1.165) is 5.56 Å². The molecule has 1 aliphatic rings. The van der Waals surface area contributed by atoms with Crippen LogP contribution in [0.3, 0.4) is 0 Å². The lowest BCUT2D eigenvalue weighted by molar-refractivity contribution is -0.141. The summed E-state index contributed by atoms with van der Waals surface area (Å²) < 4.78 is 0. The second-order valence-corrected chi connectivity index (χ2v) is 8.83. The Hall–Kier alpha value is -4.14. The van der Waals surface area contributed by atoms with Crippen LogP contribution in [0.1, 0.15) is 56.6 Å². The molecule has 3 amide bonds. The van der Waals surface area contributed by atoms with Crippen molar-refractivity contribution in [2.75, 3.05) is 13.1 Å². The molecule has 2 rings (SSSR count). The number of amides is 3. The van der Waals surface area contributed by atoms with Crippen LogP contribution in [0.25, 0.3) is 0 Å². The van der Waals surface area contributed by atoms with Crippen LogP contribution < -0.4 is 27.8 Å². The quantitative estimate of drug-likeness (QED) is 0.135. The highest BCUT2D eigenvalue weighted by Gasteiger charge is 2.38. The van der Waals surface area contributed by atoms with Crippen molar-refractivity contribution < 1.29 is 14.4 Å². The van der Waals surface area contributed by atoms with E-state index in [1.807, 2.05) is 6.92 Å². The summed E-state index contributed by atoms with van der Waals surface area (Å²) >= 11 is 0. The number of hydrogen-bond acceptors (Lipinski definition) is 6. The van der Waals surface area contributed by atoms with E-state index < -0.39 is 24.0 Å². The number of nitrogen functional groups attached to an aromatic ring is 1. The van der Waals surface area contributed by atoms with E-state index in [0.29, 0.717) is 44.3 Å². The average Bonchev–Trinajstić information content (AvgIpc) is 3.33. The molecule has 1 saturated heterocycles. The highest BCUT2D eigenvalue weighted by atomic mass is 16.2. The molecular weight excluding hydrogens is 462 g/mol. The lowest BCUT2D eigenvalue weighted by Crippen LogP contribution is -2.54. The number of guanidine groups is 1. The van der Waals surface area contributed by atoms with E-state index in [4.69, 9.17) is 22.6 Å². The molecule has 1 heterocycles. The van der Waals surface area contributed by atoms with Crippen LogP contribution in [0.2, 0.25) is 0 Å². The van der Waals surface area contributed by atoms with E-state index in [1.165, 1.54) is 11.8 Å². The van der Waals surface area contributed by atoms with Crippen molar-refractivity contribution in [1.29, 1.82) is 10.7 Å². The average molecular weight is 498 g/mol. The number of nitriles is 1. The van der Waals surface area contributed by atoms with Gasteiger partial charge in [-0.2, -0.15) is 5.26 Å². The molecule has 36 heavy (non-hydrogen) atoms. The Morgan fingerprint density at radius 3 is 2.44 bits per heavy atom. The molecule has 0 saturated carbocycles. The number of likely N-dealkylation sites (tertiary alicyclic amines) is 1. The number of aliphatic imine (C=N–C) groups is 1. The summed E-state index contributed by atoms with van der Waals surface area (Å²) in [6, 6.07) is 6.67. The number of hydrogen-bond donors (Lipinski definition) is 6. The predicted molar refractivity (Wildman–Crippen MR) is 136 cm³/mol. The molecule has 0 aliphatic carbocycles. The highest BCUT2D eigenvalue weighted by Crippen LogP contribution is 2.23. The van der Waals surface area contributed by atoms with E-state index in [1.54, 1.807) is 24.3 Å². The van der Waals surface area contributed by atoms with Gasteiger partial charge >= 0.3 is 0 Å². The number of amidine groups is 1. The maximum absolute atomic E-state index is 13.3. The molecule has 0 spiro atoms. The van der Waals surface area contributed by atoms with Gasteiger partial charge in [0, 0.05) is 31.5 Å². The van der Waals surface area contributed by atoms with Gasteiger partial charge in [-0.15, -0.1) is 0 Å². The molecule has 0 bridgehead atoms. The molecule has 0 radical (unpaired) electrons. The molecule has 4 atom stereocenters. The van der Waals surface area contributed by atoms with Gasteiger partial charge in [0.15, 0.2) is 5.96 Å². The van der Waals surface area contributed by atoms with Crippen molar-refractivity contribution in [2.24, 2.45) is 22.2 Å². The third-order valence-corrected chi connectivity index (χ3v) is 6.14. The number of rotatable bonds is 11. The van der Waals surface area contributed by atoms with Gasteiger partial charge in [0.25, 0.3) is 0 Å². The SMILES string of the molecule is CC(=O)N[C@H](CCCN=C(N)N)C(=O)N1CCC[C@H]1C(=O)N[C@H](C#N)[C@H](C)c1ccc(C(=N)N)cc1. The first-order chi connectivity index (χ1) is 17.0. The fourth-order valence-electron chi connectivity index (χ4n) is 4.19. The fraction of sp³-hybridized carbons (Fsp3) is 0.500. The van der Waals surface area contributed by atoms with E-state index in [2.05, 4.69) is 21.7 Å². The summed E-state index contributed by atoms with van der Waals surface area (Å²) in [6.45, 7) is 3.83. The summed E-state index contributed by atoms with van der Waals surface area (Å²) in [5, 5.41) is 22.7. The normalized spacial score (nSPS) is 17.2. The molecule has 194 valence electrons. The molecule has 0 aromatic heterocycles. The molecule has 9 N–H and O–H groups in total. The number of benzene rings is 1. The summed E-state index contributed by atoms with van der Waals surface area (Å²) in [6.07, 6.45) is 1.87. The van der Waals surface area contributed by atoms with Crippen molar-refractivity contribution in [3.8, 4) is 6.07 Å². The van der Waals surface area contributed by atoms with Crippen molar-refractivity contribution >= 4 is 29.5 Å². The van der Waals surface area contributed by atoms with Crippen LogP contribution in [0.4, 0.5) is 0 Å². The largest absolute Gasteiger partial charge is 0.384 e. The number of carbonyl (C=O) groups is 3. The fourth-order valence-corrected chi connectivity index (χ4v) is 4.19. The van der Waals surface area contributed by atoms with Gasteiger partial charge in [0.05, 0.1) is 6.07 Å². The van der Waals surface area contributed by atoms with Gasteiger partial charge in [-0.05, 0) is 31.2 Å². The van der Waals surface area contributed by atoms with Gasteiger partial charge in [0.1, 0.15) is 24.0 Å². The minimum Gasteiger partial charge on any atom is -0.384 e. The molecule has 12 nitrogen and oxygen atoms in total. The Labute approximate surface area is 210 Å². The zero-order valence-corrected chi connectivity index (χ0v) is 20.7. The van der Waals surface area contributed by atoms with E-state index in [9.17, 15) is 19.6 Å². The molecular formula is C24H35N9O3. The second kappa shape index (κ2) is 13.1. The van der Waals surface area contributed by atoms with Gasteiger partial charge in [-0.1, -0.05) is 31.2 Å². The topological polar surface area (TPSA) is 217 Å². The summed E-state index contributed by atoms with van der Waals surface area (Å²) in [7, 11) is 0. The van der Waals surface area contributed by atoms with Gasteiger partial charge in [-0.25, -0.2) is 0 Å². The summed E-state index contributed by atoms with van der Waals surface area (Å²) in [5.41, 5.74) is 17.5. The summed E-state index contributed by atoms with van der Waals surface area (Å²) in [4.78, 5) is 43.5. The van der Waals surface area contributed by atoms with Gasteiger partial charge in [-0.3, -0.25) is 24.8 Å². The van der Waals surface area contributed by atoms with Gasteiger partial charge < -0.3 is 32.7 Å². The van der Waals surface area contributed by atoms with E-state index >= 15 is 0 Å². The number of nitrogens with zero attached hydrogens (tertiary/aromatic N) is 3. The Morgan fingerprint density at radius 2 is 1.89 bits per heavy atom. The third kappa shape index (κ3) is 7.69. The Balaban J connectivity index is 2.09. The zero-order chi connectivity index (χ0) is 26.8. The molecule has 1 fully saturated rings. The molecule has 12 heteroatoms. The lowest BCUT2D eigenvalue weighted by atomic mass is 9.93. The van der Waals surface area contributed by atoms with Crippen LogP contribution in [-0.2, 0) is 14.4 Å². The number of nitrogens with two attached hydrogens (primary N) is 3. The van der Waals surface area contributed by atoms with Crippen LogP contribution in [0.5, 0.6) is 0 Å². The van der Waals surface area contributed by atoms with Crippen molar-refractivity contribution in [1.82, 2.24) is 15.5 Å². The third-order valence-electron chi connectivity index (χ3n) is 6.14. The van der Waals surface area contributed by atoms with Crippen LogP contribution in [-0.4, -0.2) is 65.6 Å². The first-order valence-corrected chi connectivity index (χ1v) is 11.8. The van der Waals surface area contributed by atoms with Crippen LogP contribution >= 0.6 is 0 Å². The van der Waals surface area contributed by atoms with E-state index in [-0.39, 0.29) is 29.5 Å². The maximum Gasteiger partial charge on any atom is 0.245 e. The first-order valence-electron chi connectivity index (χ1n) is 11.8. The number of nitrogens with one attached hydrogen (secondary N) is 3. The lowest BCUT2D eigenvalue weighted by Gasteiger charge is -2.30. The Bertz CT molecular complexity index is 1030. The molecule has 1 aromatic rings. The zero-order valence-electron chi connectivity index (χ0n) is 20.7. The van der Waals surface area contributed by atoms with Crippen molar-refractivity contribution in [3.05, 3.63) is 35.4 Å². The monoisotopic (exact) mass is 497 g/mol. The predicted octanol–water partition coefficient (Wildman–Crippen LogP) is -0.368. The Morgan fingerprint density at radius 1 is 1.22 bits per heavy atom. The maximum atomic E-state index is 13.3. The standard InChI is InChI=1S/C24H35N9O3/c1-14(16-7-9-17(10-8-16)21(26)27)19(13-25)32-22(35)20-6-4-12-33(20)23(36)18(31-15(2)34)5-3-11-30-24(28)29/h7-10,14,18-20H,3-6,11-12H2,1-2H3,(H3,26,27)(H,31,34)(H,32,35)(H4,28,29,30)/t14-,18-,19-,20+/m1/s1. The minimum atomic E-state index is -0.830. The Kier molecular flexibility index (Phi) is 10.2. The van der Waals surface area contributed by atoms with Gasteiger partial charge in [0.2, 0.25) is 17.7 Å². The van der Waals surface area contributed by atoms with Crippen molar-refractivity contribution in [2.45, 2.75) is 63.6 Å². The minimum absolute atomic E-state index is 0.0512. The smallest absolute Gasteiger partial charge is 0.245 e.